The zero-order valence-corrected chi connectivity index (χ0v) is 17.9. The molecule has 0 aromatic heterocycles. The highest BCUT2D eigenvalue weighted by atomic mass is 19.3. The van der Waals surface area contributed by atoms with E-state index in [4.69, 9.17) is 9.84 Å². The molecule has 0 radical (unpaired) electrons. The molecule has 0 aliphatic heterocycles. The molecule has 33 heavy (non-hydrogen) atoms. The van der Waals surface area contributed by atoms with Gasteiger partial charge in [-0.05, 0) is 35.1 Å². The summed E-state index contributed by atoms with van der Waals surface area (Å²) in [5.74, 6) is -2.16. The van der Waals surface area contributed by atoms with Gasteiger partial charge in [-0.15, -0.1) is 0 Å². The molecule has 1 aliphatic carbocycles. The van der Waals surface area contributed by atoms with E-state index < -0.39 is 36.9 Å². The first-order valence-electron chi connectivity index (χ1n) is 10.8. The van der Waals surface area contributed by atoms with E-state index in [1.807, 2.05) is 36.4 Å². The summed E-state index contributed by atoms with van der Waals surface area (Å²) in [6.07, 6.45) is -3.55. The molecule has 3 rings (SSSR count). The van der Waals surface area contributed by atoms with E-state index in [1.165, 1.54) is 0 Å². The number of hydrogen-bond donors (Lipinski definition) is 3. The molecule has 1 atom stereocenters. The number of ether oxygens (including phenoxy) is 1. The molecule has 0 heterocycles. The molecule has 9 heteroatoms. The Labute approximate surface area is 190 Å². The Morgan fingerprint density at radius 3 is 2.15 bits per heavy atom. The van der Waals surface area contributed by atoms with Gasteiger partial charge in [-0.1, -0.05) is 48.5 Å². The number of benzene rings is 2. The molecule has 2 aromatic carbocycles. The monoisotopic (exact) mass is 460 g/mol. The summed E-state index contributed by atoms with van der Waals surface area (Å²) in [5, 5.41) is 13.6. The van der Waals surface area contributed by atoms with E-state index in [2.05, 4.69) is 22.8 Å². The van der Waals surface area contributed by atoms with Crippen LogP contribution in [0.4, 0.5) is 13.6 Å². The lowest BCUT2D eigenvalue weighted by Gasteiger charge is -2.15. The van der Waals surface area contributed by atoms with Crippen LogP contribution in [0.2, 0.25) is 0 Å². The van der Waals surface area contributed by atoms with E-state index in [0.29, 0.717) is 12.8 Å². The third-order valence-corrected chi connectivity index (χ3v) is 5.49. The van der Waals surface area contributed by atoms with E-state index >= 15 is 0 Å². The molecule has 0 saturated heterocycles. The van der Waals surface area contributed by atoms with Gasteiger partial charge in [-0.25, -0.2) is 18.4 Å². The summed E-state index contributed by atoms with van der Waals surface area (Å²) in [6.45, 7) is 0.465. The van der Waals surface area contributed by atoms with Gasteiger partial charge >= 0.3 is 12.1 Å². The third kappa shape index (κ3) is 6.50. The molecule has 176 valence electrons. The number of unbranched alkanes of at least 4 members (excludes halogenated alkanes) is 1. The molecule has 3 N–H and O–H groups in total. The fourth-order valence-electron chi connectivity index (χ4n) is 3.92. The highest BCUT2D eigenvalue weighted by molar-refractivity contribution is 5.83. The van der Waals surface area contributed by atoms with Crippen molar-refractivity contribution < 1.29 is 33.0 Å². The first-order chi connectivity index (χ1) is 15.9. The normalized spacial score (nSPS) is 13.2. The van der Waals surface area contributed by atoms with Gasteiger partial charge in [0.15, 0.2) is 0 Å². The minimum absolute atomic E-state index is 0.0284. The van der Waals surface area contributed by atoms with E-state index in [-0.39, 0.29) is 25.5 Å². The molecule has 7 nitrogen and oxygen atoms in total. The Morgan fingerprint density at radius 1 is 0.970 bits per heavy atom. The molecule has 0 bridgehead atoms. The van der Waals surface area contributed by atoms with Gasteiger partial charge < -0.3 is 20.5 Å². The summed E-state index contributed by atoms with van der Waals surface area (Å²) in [4.78, 5) is 34.8. The lowest BCUT2D eigenvalue weighted by Crippen LogP contribution is -2.42. The number of rotatable bonds is 11. The van der Waals surface area contributed by atoms with Crippen LogP contribution in [-0.2, 0) is 14.3 Å². The number of carboxylic acid groups (broad SMARTS) is 1. The summed E-state index contributed by atoms with van der Waals surface area (Å²) in [5.41, 5.74) is 4.51. The van der Waals surface area contributed by atoms with E-state index in [0.717, 1.165) is 22.3 Å². The predicted octanol–water partition coefficient (Wildman–Crippen LogP) is 3.92. The Kier molecular flexibility index (Phi) is 8.34. The van der Waals surface area contributed by atoms with Gasteiger partial charge in [0.25, 0.3) is 0 Å². The number of nitrogens with one attached hydrogen (secondary N) is 2. The number of aliphatic carboxylic acids is 1. The quantitative estimate of drug-likeness (QED) is 0.441. The van der Waals surface area contributed by atoms with Crippen molar-refractivity contribution in [1.29, 1.82) is 0 Å². The summed E-state index contributed by atoms with van der Waals surface area (Å²) in [6, 6.07) is 14.4. The van der Waals surface area contributed by atoms with Crippen LogP contribution < -0.4 is 10.6 Å². The Hall–Kier alpha value is -3.49. The number of carbonyl (C=O) groups excluding carboxylic acids is 2. The van der Waals surface area contributed by atoms with Crippen LogP contribution in [0, 0.1) is 0 Å². The van der Waals surface area contributed by atoms with Crippen molar-refractivity contribution in [3.05, 3.63) is 59.7 Å². The number of alkyl carbamates (subject to hydrolysis) is 1. The summed E-state index contributed by atoms with van der Waals surface area (Å²) in [7, 11) is 0. The second kappa shape index (κ2) is 11.4. The lowest BCUT2D eigenvalue weighted by atomic mass is 9.98. The second-order valence-electron chi connectivity index (χ2n) is 7.79. The zero-order chi connectivity index (χ0) is 23.8. The van der Waals surface area contributed by atoms with Crippen molar-refractivity contribution in [2.45, 2.75) is 44.1 Å². The fraction of sp³-hybridized carbons (Fsp3) is 0.375. The SMILES string of the molecule is O=C(CCCCNC(=O)OCC1c2ccccc2-c2ccccc21)NC(CC(F)F)C(=O)O. The van der Waals surface area contributed by atoms with Gasteiger partial charge in [0.2, 0.25) is 12.3 Å². The maximum atomic E-state index is 12.4. The smallest absolute Gasteiger partial charge is 0.407 e. The van der Waals surface area contributed by atoms with Gasteiger partial charge in [-0.3, -0.25) is 4.79 Å². The first-order valence-corrected chi connectivity index (χ1v) is 10.8. The van der Waals surface area contributed by atoms with Crippen LogP contribution in [0.5, 0.6) is 0 Å². The number of halogens is 2. The number of carbonyl (C=O) groups is 3. The van der Waals surface area contributed by atoms with Crippen molar-refractivity contribution in [2.24, 2.45) is 0 Å². The van der Waals surface area contributed by atoms with Crippen LogP contribution in [-0.4, -0.2) is 48.7 Å². The number of fused-ring (bicyclic) bond motifs is 3. The number of carboxylic acids is 1. The standard InChI is InChI=1S/C24H26F2N2O5/c25-21(26)13-20(23(30)31)28-22(29)11-5-6-12-27-24(32)33-14-19-17-9-3-1-7-15(17)16-8-2-4-10-18(16)19/h1-4,7-10,19-21H,5-6,11-14H2,(H,27,32)(H,28,29)(H,30,31). The maximum Gasteiger partial charge on any atom is 0.407 e. The molecule has 0 fully saturated rings. The molecule has 1 aliphatic rings. The maximum absolute atomic E-state index is 12.4. The van der Waals surface area contributed by atoms with Gasteiger partial charge in [0, 0.05) is 25.3 Å². The second-order valence-corrected chi connectivity index (χ2v) is 7.79. The van der Waals surface area contributed by atoms with E-state index in [9.17, 15) is 23.2 Å². The van der Waals surface area contributed by atoms with E-state index in [1.54, 1.807) is 0 Å². The number of alkyl halides is 2. The third-order valence-electron chi connectivity index (χ3n) is 5.49. The largest absolute Gasteiger partial charge is 0.480 e. The average molecular weight is 460 g/mol. The molecule has 0 spiro atoms. The lowest BCUT2D eigenvalue weighted by molar-refractivity contribution is -0.143. The van der Waals surface area contributed by atoms with Gasteiger partial charge in [-0.2, -0.15) is 0 Å². The molecular formula is C24H26F2N2O5. The summed E-state index contributed by atoms with van der Waals surface area (Å²) < 4.78 is 30.1. The van der Waals surface area contributed by atoms with Crippen LogP contribution in [0.1, 0.15) is 42.7 Å². The Bertz CT molecular complexity index is 953. The first kappa shape index (κ1) is 24.2. The number of amides is 2. The van der Waals surface area contributed by atoms with Crippen LogP contribution >= 0.6 is 0 Å². The fourth-order valence-corrected chi connectivity index (χ4v) is 3.92. The minimum Gasteiger partial charge on any atom is -0.480 e. The van der Waals surface area contributed by atoms with Crippen LogP contribution in [0.25, 0.3) is 11.1 Å². The molecular weight excluding hydrogens is 434 g/mol. The van der Waals surface area contributed by atoms with Crippen molar-refractivity contribution in [2.75, 3.05) is 13.2 Å². The molecule has 2 amide bonds. The summed E-state index contributed by atoms with van der Waals surface area (Å²) >= 11 is 0. The van der Waals surface area contributed by atoms with Crippen molar-refractivity contribution >= 4 is 18.0 Å². The Morgan fingerprint density at radius 2 is 1.58 bits per heavy atom. The minimum atomic E-state index is -2.83. The predicted molar refractivity (Wildman–Crippen MR) is 117 cm³/mol. The molecule has 2 aromatic rings. The topological polar surface area (TPSA) is 105 Å². The highest BCUT2D eigenvalue weighted by Gasteiger charge is 2.29. The number of hydrogen-bond acceptors (Lipinski definition) is 4. The van der Waals surface area contributed by atoms with Gasteiger partial charge in [0.05, 0.1) is 0 Å². The highest BCUT2D eigenvalue weighted by Crippen LogP contribution is 2.44. The van der Waals surface area contributed by atoms with Crippen LogP contribution in [0.15, 0.2) is 48.5 Å². The molecule has 0 saturated carbocycles. The van der Waals surface area contributed by atoms with Crippen molar-refractivity contribution in [3.8, 4) is 11.1 Å². The molecule has 1 unspecified atom stereocenters. The van der Waals surface area contributed by atoms with Crippen molar-refractivity contribution in [1.82, 2.24) is 10.6 Å². The zero-order valence-electron chi connectivity index (χ0n) is 17.9. The average Bonchev–Trinajstić information content (AvgIpc) is 3.10. The van der Waals surface area contributed by atoms with Crippen LogP contribution in [0.3, 0.4) is 0 Å². The van der Waals surface area contributed by atoms with Crippen molar-refractivity contribution in [3.63, 3.8) is 0 Å². The Balaban J connectivity index is 1.37. The van der Waals surface area contributed by atoms with Gasteiger partial charge in [0.1, 0.15) is 12.6 Å².